The molecule has 0 aromatic rings. The van der Waals surface area contributed by atoms with Crippen molar-refractivity contribution in [1.29, 1.82) is 0 Å². The highest BCUT2D eigenvalue weighted by molar-refractivity contribution is 4.95. The first kappa shape index (κ1) is 12.4. The Morgan fingerprint density at radius 2 is 1.69 bits per heavy atom. The van der Waals surface area contributed by atoms with Gasteiger partial charge in [0.05, 0.1) is 0 Å². The molecule has 2 N–H and O–H groups in total. The second kappa shape index (κ2) is 4.66. The van der Waals surface area contributed by atoms with Crippen LogP contribution in [-0.4, -0.2) is 25.7 Å². The van der Waals surface area contributed by atoms with Crippen LogP contribution in [0.15, 0.2) is 0 Å². The van der Waals surface area contributed by atoms with Crippen molar-refractivity contribution in [3.8, 4) is 0 Å². The van der Waals surface area contributed by atoms with E-state index < -0.39 is 0 Å². The van der Waals surface area contributed by atoms with Gasteiger partial charge >= 0.3 is 0 Å². The molecule has 94 valence electrons. The fourth-order valence-corrected chi connectivity index (χ4v) is 3.23. The minimum atomic E-state index is 0.514. The summed E-state index contributed by atoms with van der Waals surface area (Å²) in [5, 5.41) is 7.17. The predicted molar refractivity (Wildman–Crippen MR) is 69.5 cm³/mol. The summed E-state index contributed by atoms with van der Waals surface area (Å²) in [5.41, 5.74) is 0.514. The van der Waals surface area contributed by atoms with Gasteiger partial charge in [-0.1, -0.05) is 27.7 Å². The number of hydrogen-bond donors (Lipinski definition) is 2. The van der Waals surface area contributed by atoms with Crippen LogP contribution in [0, 0.1) is 23.2 Å². The number of hydrogen-bond acceptors (Lipinski definition) is 2. The Balaban J connectivity index is 1.87. The Morgan fingerprint density at radius 3 is 2.06 bits per heavy atom. The van der Waals surface area contributed by atoms with Crippen molar-refractivity contribution in [2.75, 3.05) is 19.6 Å². The van der Waals surface area contributed by atoms with E-state index in [9.17, 15) is 0 Å². The summed E-state index contributed by atoms with van der Waals surface area (Å²) in [5.74, 6) is 2.55. The first-order chi connectivity index (χ1) is 7.51. The molecule has 2 fully saturated rings. The van der Waals surface area contributed by atoms with E-state index in [1.54, 1.807) is 0 Å². The molecule has 0 bridgehead atoms. The fourth-order valence-electron chi connectivity index (χ4n) is 3.23. The molecule has 2 aliphatic heterocycles. The zero-order valence-corrected chi connectivity index (χ0v) is 11.3. The summed E-state index contributed by atoms with van der Waals surface area (Å²) in [6.45, 7) is 13.3. The third-order valence-electron chi connectivity index (χ3n) is 5.14. The van der Waals surface area contributed by atoms with E-state index in [0.29, 0.717) is 5.41 Å². The maximum atomic E-state index is 3.76. The molecule has 0 amide bonds. The standard InChI is InChI=1S/C14H28N2/c1-10(2)13-6-5-11(9-16-13)14(3,4)12-7-15-8-12/h10-13,15-16H,5-9H2,1-4H3. The summed E-state index contributed by atoms with van der Waals surface area (Å²) in [6.07, 6.45) is 2.78. The molecule has 2 rings (SSSR count). The topological polar surface area (TPSA) is 24.1 Å². The van der Waals surface area contributed by atoms with Gasteiger partial charge in [-0.25, -0.2) is 0 Å². The molecule has 0 aliphatic carbocycles. The average Bonchev–Trinajstić information content (AvgIpc) is 2.14. The lowest BCUT2D eigenvalue weighted by molar-refractivity contribution is 0.0468. The van der Waals surface area contributed by atoms with Crippen LogP contribution < -0.4 is 10.6 Å². The van der Waals surface area contributed by atoms with E-state index in [1.807, 2.05) is 0 Å². The minimum Gasteiger partial charge on any atom is -0.316 e. The van der Waals surface area contributed by atoms with E-state index in [4.69, 9.17) is 0 Å². The van der Waals surface area contributed by atoms with Crippen molar-refractivity contribution in [3.63, 3.8) is 0 Å². The molecule has 0 aromatic heterocycles. The maximum Gasteiger partial charge on any atom is 0.00902 e. The van der Waals surface area contributed by atoms with Crippen LogP contribution in [0.5, 0.6) is 0 Å². The third-order valence-corrected chi connectivity index (χ3v) is 5.14. The van der Waals surface area contributed by atoms with Gasteiger partial charge in [0.1, 0.15) is 0 Å². The molecule has 0 spiro atoms. The Morgan fingerprint density at radius 1 is 1.00 bits per heavy atom. The highest BCUT2D eigenvalue weighted by Crippen LogP contribution is 2.41. The summed E-state index contributed by atoms with van der Waals surface area (Å²) < 4.78 is 0. The smallest absolute Gasteiger partial charge is 0.00902 e. The largest absolute Gasteiger partial charge is 0.316 e. The van der Waals surface area contributed by atoms with E-state index in [0.717, 1.165) is 23.8 Å². The van der Waals surface area contributed by atoms with E-state index in [2.05, 4.69) is 38.3 Å². The van der Waals surface area contributed by atoms with Crippen LogP contribution in [0.2, 0.25) is 0 Å². The molecular formula is C14H28N2. The quantitative estimate of drug-likeness (QED) is 0.768. The van der Waals surface area contributed by atoms with Crippen LogP contribution in [0.4, 0.5) is 0 Å². The Kier molecular flexibility index (Phi) is 3.60. The van der Waals surface area contributed by atoms with Crippen LogP contribution >= 0.6 is 0 Å². The van der Waals surface area contributed by atoms with Gasteiger partial charge in [-0.3, -0.25) is 0 Å². The molecule has 2 heterocycles. The van der Waals surface area contributed by atoms with Crippen molar-refractivity contribution in [3.05, 3.63) is 0 Å². The van der Waals surface area contributed by atoms with Gasteiger partial charge in [0.25, 0.3) is 0 Å². The van der Waals surface area contributed by atoms with Gasteiger partial charge in [0.15, 0.2) is 0 Å². The molecule has 16 heavy (non-hydrogen) atoms. The lowest BCUT2D eigenvalue weighted by atomic mass is 9.64. The maximum absolute atomic E-state index is 3.76. The summed E-state index contributed by atoms with van der Waals surface area (Å²) >= 11 is 0. The average molecular weight is 224 g/mol. The van der Waals surface area contributed by atoms with E-state index in [1.165, 1.54) is 32.5 Å². The van der Waals surface area contributed by atoms with Gasteiger partial charge in [0, 0.05) is 6.04 Å². The number of nitrogens with one attached hydrogen (secondary N) is 2. The molecule has 2 nitrogen and oxygen atoms in total. The van der Waals surface area contributed by atoms with Crippen molar-refractivity contribution in [1.82, 2.24) is 10.6 Å². The summed E-state index contributed by atoms with van der Waals surface area (Å²) in [7, 11) is 0. The molecular weight excluding hydrogens is 196 g/mol. The molecule has 2 aliphatic rings. The first-order valence-corrected chi connectivity index (χ1v) is 6.96. The Labute approximate surface area is 101 Å². The monoisotopic (exact) mass is 224 g/mol. The highest BCUT2D eigenvalue weighted by atomic mass is 15.0. The zero-order chi connectivity index (χ0) is 11.8. The normalized spacial score (nSPS) is 32.8. The predicted octanol–water partition coefficient (Wildman–Crippen LogP) is 2.26. The van der Waals surface area contributed by atoms with E-state index in [-0.39, 0.29) is 0 Å². The van der Waals surface area contributed by atoms with E-state index >= 15 is 0 Å². The number of rotatable bonds is 3. The molecule has 2 atom stereocenters. The van der Waals surface area contributed by atoms with Gasteiger partial charge in [-0.2, -0.15) is 0 Å². The molecule has 2 unspecified atom stereocenters. The Bertz CT molecular complexity index is 223. The summed E-state index contributed by atoms with van der Waals surface area (Å²) in [4.78, 5) is 0. The van der Waals surface area contributed by atoms with Gasteiger partial charge < -0.3 is 10.6 Å². The molecule has 2 heteroatoms. The lowest BCUT2D eigenvalue weighted by Crippen LogP contribution is -2.55. The lowest BCUT2D eigenvalue weighted by Gasteiger charge is -2.48. The van der Waals surface area contributed by atoms with Crippen LogP contribution in [0.3, 0.4) is 0 Å². The van der Waals surface area contributed by atoms with Crippen LogP contribution in [0.1, 0.15) is 40.5 Å². The van der Waals surface area contributed by atoms with Gasteiger partial charge in [-0.05, 0) is 55.6 Å². The molecule has 0 aromatic carbocycles. The minimum absolute atomic E-state index is 0.514. The Hall–Kier alpha value is -0.0800. The fraction of sp³-hybridized carbons (Fsp3) is 1.00. The van der Waals surface area contributed by atoms with Crippen LogP contribution in [-0.2, 0) is 0 Å². The highest BCUT2D eigenvalue weighted by Gasteiger charge is 2.41. The zero-order valence-electron chi connectivity index (χ0n) is 11.3. The summed E-state index contributed by atoms with van der Waals surface area (Å²) in [6, 6.07) is 0.756. The van der Waals surface area contributed by atoms with Crippen molar-refractivity contribution < 1.29 is 0 Å². The second-order valence-corrected chi connectivity index (χ2v) is 6.71. The second-order valence-electron chi connectivity index (χ2n) is 6.71. The first-order valence-electron chi connectivity index (χ1n) is 6.96. The van der Waals surface area contributed by atoms with Crippen LogP contribution in [0.25, 0.3) is 0 Å². The molecule has 0 radical (unpaired) electrons. The van der Waals surface area contributed by atoms with Crippen molar-refractivity contribution in [2.45, 2.75) is 46.6 Å². The molecule has 0 saturated carbocycles. The molecule has 2 saturated heterocycles. The van der Waals surface area contributed by atoms with Gasteiger partial charge in [-0.15, -0.1) is 0 Å². The van der Waals surface area contributed by atoms with Crippen molar-refractivity contribution >= 4 is 0 Å². The third kappa shape index (κ3) is 2.28. The number of piperidine rings is 1. The van der Waals surface area contributed by atoms with Gasteiger partial charge in [0.2, 0.25) is 0 Å². The SMILES string of the molecule is CC(C)C1CCC(C(C)(C)C2CNC2)CN1. The van der Waals surface area contributed by atoms with Crippen molar-refractivity contribution in [2.24, 2.45) is 23.2 Å².